The Hall–Kier alpha value is -3.21. The molecular formula is C22H19Cl2N5O4S. The van der Waals surface area contributed by atoms with E-state index < -0.39 is 4.92 Å². The van der Waals surface area contributed by atoms with Crippen molar-refractivity contribution in [1.82, 2.24) is 15.4 Å². The maximum Gasteiger partial charge on any atom is 0.269 e. The second-order valence-electron chi connectivity index (χ2n) is 7.04. The lowest BCUT2D eigenvalue weighted by Gasteiger charge is -2.11. The van der Waals surface area contributed by atoms with Crippen molar-refractivity contribution in [2.24, 2.45) is 5.10 Å². The lowest BCUT2D eigenvalue weighted by Crippen LogP contribution is -2.19. The van der Waals surface area contributed by atoms with Gasteiger partial charge in [0.25, 0.3) is 11.6 Å². The second-order valence-corrected chi connectivity index (χ2v) is 8.80. The molecule has 176 valence electrons. The highest BCUT2D eigenvalue weighted by Gasteiger charge is 2.11. The van der Waals surface area contributed by atoms with E-state index in [4.69, 9.17) is 27.9 Å². The number of nitrogens with one attached hydrogen (secondary N) is 1. The molecule has 1 N–H and O–H groups in total. The second kappa shape index (κ2) is 11.8. The highest BCUT2D eigenvalue weighted by atomic mass is 35.5. The van der Waals surface area contributed by atoms with Crippen molar-refractivity contribution in [3.8, 4) is 5.75 Å². The number of nitrogens with zero attached hydrogens (tertiary/aromatic N) is 4. The molecule has 0 unspecified atom stereocenters. The lowest BCUT2D eigenvalue weighted by atomic mass is 10.2. The molecule has 34 heavy (non-hydrogen) atoms. The van der Waals surface area contributed by atoms with Crippen molar-refractivity contribution in [3.63, 3.8) is 0 Å². The summed E-state index contributed by atoms with van der Waals surface area (Å²) in [6.07, 6.45) is 1.41. The summed E-state index contributed by atoms with van der Waals surface area (Å²) in [6.45, 7) is 3.86. The molecule has 3 rings (SSSR count). The van der Waals surface area contributed by atoms with Crippen molar-refractivity contribution in [2.75, 3.05) is 5.75 Å². The van der Waals surface area contributed by atoms with Crippen LogP contribution in [-0.2, 0) is 11.4 Å². The Labute approximate surface area is 209 Å². The Kier molecular flexibility index (Phi) is 8.80. The van der Waals surface area contributed by atoms with Crippen molar-refractivity contribution in [3.05, 3.63) is 85.1 Å². The van der Waals surface area contributed by atoms with E-state index in [1.54, 1.807) is 24.3 Å². The third kappa shape index (κ3) is 7.41. The van der Waals surface area contributed by atoms with Gasteiger partial charge in [0.05, 0.1) is 26.9 Å². The number of nitro groups is 1. The summed E-state index contributed by atoms with van der Waals surface area (Å²) < 4.78 is 5.68. The van der Waals surface area contributed by atoms with Gasteiger partial charge >= 0.3 is 0 Å². The fourth-order valence-electron chi connectivity index (χ4n) is 2.76. The van der Waals surface area contributed by atoms with Crippen molar-refractivity contribution in [1.29, 1.82) is 0 Å². The number of hydrogen-bond donors (Lipinski definition) is 1. The van der Waals surface area contributed by atoms with Crippen LogP contribution >= 0.6 is 35.0 Å². The Morgan fingerprint density at radius 2 is 1.76 bits per heavy atom. The molecule has 1 aromatic heterocycles. The molecule has 2 aromatic carbocycles. The first kappa shape index (κ1) is 25.4. The first-order valence-corrected chi connectivity index (χ1v) is 11.6. The molecule has 0 aliphatic heterocycles. The molecule has 1 heterocycles. The van der Waals surface area contributed by atoms with Gasteiger partial charge in [-0.1, -0.05) is 35.0 Å². The normalized spacial score (nSPS) is 10.9. The summed E-state index contributed by atoms with van der Waals surface area (Å²) in [6, 6.07) is 11.0. The van der Waals surface area contributed by atoms with Gasteiger partial charge in [-0.2, -0.15) is 5.10 Å². The van der Waals surface area contributed by atoms with Crippen LogP contribution in [0, 0.1) is 24.0 Å². The standard InChI is InChI=1S/C22H19Cl2N5O4S/c1-13-7-14(2)27-22(26-13)34-12-20(30)28-25-10-16-8-18(23)21(19(24)9-16)33-11-15-3-5-17(6-4-15)29(31)32/h3-10H,11-12H2,1-2H3,(H,28,30)/b25-10-. The van der Waals surface area contributed by atoms with Crippen LogP contribution in [0.1, 0.15) is 22.5 Å². The van der Waals surface area contributed by atoms with Gasteiger partial charge in [0.15, 0.2) is 10.9 Å². The summed E-state index contributed by atoms with van der Waals surface area (Å²) in [7, 11) is 0. The van der Waals surface area contributed by atoms with Crippen LogP contribution in [0.25, 0.3) is 0 Å². The molecule has 0 saturated carbocycles. The first-order chi connectivity index (χ1) is 16.2. The Morgan fingerprint density at radius 1 is 1.15 bits per heavy atom. The maximum atomic E-state index is 12.0. The molecule has 9 nitrogen and oxygen atoms in total. The topological polar surface area (TPSA) is 120 Å². The van der Waals surface area contributed by atoms with E-state index in [0.29, 0.717) is 10.7 Å². The maximum absolute atomic E-state index is 12.0. The number of rotatable bonds is 9. The van der Waals surface area contributed by atoms with E-state index in [2.05, 4.69) is 20.5 Å². The average Bonchev–Trinajstić information content (AvgIpc) is 2.77. The number of carbonyl (C=O) groups is 1. The number of ether oxygens (including phenoxy) is 1. The highest BCUT2D eigenvalue weighted by Crippen LogP contribution is 2.34. The summed E-state index contributed by atoms with van der Waals surface area (Å²) in [5, 5.41) is 15.7. The van der Waals surface area contributed by atoms with Gasteiger partial charge in [-0.3, -0.25) is 14.9 Å². The van der Waals surface area contributed by atoms with Crippen molar-refractivity contribution in [2.45, 2.75) is 25.6 Å². The zero-order valence-corrected chi connectivity index (χ0v) is 20.4. The molecule has 0 aliphatic carbocycles. The van der Waals surface area contributed by atoms with Crippen LogP contribution in [0.2, 0.25) is 10.0 Å². The molecule has 0 bridgehead atoms. The number of hydrazone groups is 1. The SMILES string of the molecule is Cc1cc(C)nc(SCC(=O)N/N=C\c2cc(Cl)c(OCc3ccc([N+](=O)[O-])cc3)c(Cl)c2)n1. The zero-order valence-electron chi connectivity index (χ0n) is 18.1. The predicted octanol–water partition coefficient (Wildman–Crippen LogP) is 5.13. The average molecular weight is 520 g/mol. The molecule has 0 atom stereocenters. The number of aryl methyl sites for hydroxylation is 2. The quantitative estimate of drug-likeness (QED) is 0.137. The van der Waals surface area contributed by atoms with Gasteiger partial charge in [0.1, 0.15) is 6.61 Å². The van der Waals surface area contributed by atoms with Crippen LogP contribution in [0.15, 0.2) is 52.7 Å². The van der Waals surface area contributed by atoms with Gasteiger partial charge in [-0.25, -0.2) is 15.4 Å². The number of thioether (sulfide) groups is 1. The minimum Gasteiger partial charge on any atom is -0.486 e. The van der Waals surface area contributed by atoms with E-state index in [9.17, 15) is 14.9 Å². The number of non-ortho nitro benzene ring substituents is 1. The largest absolute Gasteiger partial charge is 0.486 e. The van der Waals surface area contributed by atoms with Gasteiger partial charge in [0, 0.05) is 23.5 Å². The van der Waals surface area contributed by atoms with Gasteiger partial charge in [0.2, 0.25) is 0 Å². The third-order valence-corrected chi connectivity index (χ3v) is 5.66. The van der Waals surface area contributed by atoms with Crippen LogP contribution < -0.4 is 10.2 Å². The van der Waals surface area contributed by atoms with Crippen LogP contribution in [0.3, 0.4) is 0 Å². The number of halogens is 2. The van der Waals surface area contributed by atoms with E-state index in [1.165, 1.54) is 30.1 Å². The fraction of sp³-hybridized carbons (Fsp3) is 0.182. The molecule has 12 heteroatoms. The van der Waals surface area contributed by atoms with Crippen molar-refractivity contribution >= 4 is 52.8 Å². The number of amides is 1. The number of aromatic nitrogens is 2. The monoisotopic (exact) mass is 519 g/mol. The minimum atomic E-state index is -0.473. The van der Waals surface area contributed by atoms with E-state index in [1.807, 2.05) is 19.9 Å². The highest BCUT2D eigenvalue weighted by molar-refractivity contribution is 7.99. The number of nitro benzene ring substituents is 1. The van der Waals surface area contributed by atoms with Crippen molar-refractivity contribution < 1.29 is 14.5 Å². The van der Waals surface area contributed by atoms with E-state index in [-0.39, 0.29) is 39.7 Å². The molecule has 1 amide bonds. The number of benzene rings is 2. The van der Waals surface area contributed by atoms with Gasteiger partial charge in [-0.15, -0.1) is 0 Å². The summed E-state index contributed by atoms with van der Waals surface area (Å²) in [4.78, 5) is 30.8. The molecule has 0 spiro atoms. The first-order valence-electron chi connectivity index (χ1n) is 9.83. The third-order valence-electron chi connectivity index (χ3n) is 4.25. The molecular weight excluding hydrogens is 501 g/mol. The summed E-state index contributed by atoms with van der Waals surface area (Å²) >= 11 is 13.8. The van der Waals surface area contributed by atoms with Gasteiger partial charge in [-0.05, 0) is 55.3 Å². The number of hydrogen-bond acceptors (Lipinski definition) is 8. The molecule has 0 saturated heterocycles. The molecule has 3 aromatic rings. The molecule has 0 aliphatic rings. The van der Waals surface area contributed by atoms with E-state index in [0.717, 1.165) is 17.0 Å². The van der Waals surface area contributed by atoms with Crippen LogP contribution in [0.4, 0.5) is 5.69 Å². The number of carbonyl (C=O) groups excluding carboxylic acids is 1. The minimum absolute atomic E-state index is 0.00673. The fourth-order valence-corrected chi connectivity index (χ4v) is 4.12. The summed E-state index contributed by atoms with van der Waals surface area (Å²) in [5.74, 6) is 0.0638. The van der Waals surface area contributed by atoms with Crippen LogP contribution in [-0.4, -0.2) is 32.8 Å². The predicted molar refractivity (Wildman–Crippen MR) is 132 cm³/mol. The molecule has 0 radical (unpaired) electrons. The Morgan fingerprint density at radius 3 is 2.35 bits per heavy atom. The smallest absolute Gasteiger partial charge is 0.269 e. The summed E-state index contributed by atoms with van der Waals surface area (Å²) in [5.41, 5.74) is 5.37. The molecule has 0 fully saturated rings. The zero-order chi connectivity index (χ0) is 24.7. The van der Waals surface area contributed by atoms with Gasteiger partial charge < -0.3 is 4.74 Å². The van der Waals surface area contributed by atoms with Crippen LogP contribution in [0.5, 0.6) is 5.75 Å². The Balaban J connectivity index is 1.54. The lowest BCUT2D eigenvalue weighted by molar-refractivity contribution is -0.384. The Bertz CT molecular complexity index is 1200. The van der Waals surface area contributed by atoms with E-state index >= 15 is 0 Å².